The molecule has 0 amide bonds. The van der Waals surface area contributed by atoms with Crippen molar-refractivity contribution < 1.29 is 8.42 Å². The lowest BCUT2D eigenvalue weighted by Crippen LogP contribution is -2.32. The van der Waals surface area contributed by atoms with E-state index in [1.165, 1.54) is 17.5 Å². The number of sulfone groups is 1. The zero-order chi connectivity index (χ0) is 16.9. The van der Waals surface area contributed by atoms with Gasteiger partial charge >= 0.3 is 0 Å². The van der Waals surface area contributed by atoms with Gasteiger partial charge in [0.05, 0.1) is 11.2 Å². The fourth-order valence-electron chi connectivity index (χ4n) is 3.04. The molecule has 3 aromatic heterocycles. The van der Waals surface area contributed by atoms with Gasteiger partial charge in [-0.15, -0.1) is 22.7 Å². The number of nitrogens with zero attached hydrogens (tertiary/aromatic N) is 4. The summed E-state index contributed by atoms with van der Waals surface area (Å²) in [5.41, 5.74) is 0.920. The Morgan fingerprint density at radius 3 is 2.96 bits per heavy atom. The molecule has 0 spiro atoms. The van der Waals surface area contributed by atoms with Crippen molar-refractivity contribution in [2.75, 3.05) is 38.6 Å². The summed E-state index contributed by atoms with van der Waals surface area (Å²) in [6.45, 7) is 2.23. The minimum atomic E-state index is -3.49. The van der Waals surface area contributed by atoms with Gasteiger partial charge in [0, 0.05) is 36.8 Å². The molecule has 1 atom stereocenters. The van der Waals surface area contributed by atoms with E-state index in [1.54, 1.807) is 21.9 Å². The predicted molar refractivity (Wildman–Crippen MR) is 98.1 cm³/mol. The Hall–Kier alpha value is -1.42. The molecule has 0 N–H and O–H groups in total. The highest BCUT2D eigenvalue weighted by atomic mass is 32.2. The van der Waals surface area contributed by atoms with E-state index in [9.17, 15) is 8.42 Å². The monoisotopic (exact) mass is 382 g/mol. The number of thiophene rings is 1. The minimum Gasteiger partial charge on any atom is -0.360 e. The minimum absolute atomic E-state index is 0.287. The average molecular weight is 383 g/mol. The van der Waals surface area contributed by atoms with Gasteiger partial charge in [-0.2, -0.15) is 0 Å². The second-order valence-electron chi connectivity index (χ2n) is 6.12. The van der Waals surface area contributed by atoms with Crippen LogP contribution < -0.4 is 4.90 Å². The molecule has 0 fully saturated rings. The number of imidazole rings is 1. The molecule has 3 aromatic rings. The van der Waals surface area contributed by atoms with Gasteiger partial charge in [-0.1, -0.05) is 0 Å². The molecule has 4 rings (SSSR count). The molecule has 1 unspecified atom stereocenters. The first-order valence-electron chi connectivity index (χ1n) is 7.60. The van der Waals surface area contributed by atoms with E-state index in [0.717, 1.165) is 23.7 Å². The van der Waals surface area contributed by atoms with Gasteiger partial charge in [-0.25, -0.2) is 13.4 Å². The fraction of sp³-hybridized carbons (Fsp3) is 0.400. The molecule has 1 aliphatic heterocycles. The van der Waals surface area contributed by atoms with Gasteiger partial charge in [-0.05, 0) is 25.5 Å². The zero-order valence-corrected chi connectivity index (χ0v) is 15.9. The van der Waals surface area contributed by atoms with Crippen LogP contribution in [0.15, 0.2) is 34.2 Å². The first-order chi connectivity index (χ1) is 11.5. The Bertz CT molecular complexity index is 970. The molecule has 0 radical (unpaired) electrons. The molecule has 0 saturated carbocycles. The number of anilines is 1. The lowest BCUT2D eigenvalue weighted by atomic mass is 10.3. The highest BCUT2D eigenvalue weighted by Gasteiger charge is 2.40. The van der Waals surface area contributed by atoms with Crippen molar-refractivity contribution in [2.45, 2.75) is 10.3 Å². The van der Waals surface area contributed by atoms with Crippen LogP contribution in [-0.4, -0.2) is 56.4 Å². The van der Waals surface area contributed by atoms with E-state index in [2.05, 4.69) is 14.8 Å². The summed E-state index contributed by atoms with van der Waals surface area (Å²) in [6.07, 6.45) is 3.25. The molecule has 4 heterocycles. The van der Waals surface area contributed by atoms with Gasteiger partial charge in [0.2, 0.25) is 9.84 Å². The number of thiazole rings is 1. The Morgan fingerprint density at radius 1 is 1.33 bits per heavy atom. The summed E-state index contributed by atoms with van der Waals surface area (Å²) in [4.78, 5) is 9.23. The van der Waals surface area contributed by atoms with Crippen LogP contribution in [0.5, 0.6) is 0 Å². The smallest absolute Gasteiger partial charge is 0.204 e. The van der Waals surface area contributed by atoms with Gasteiger partial charge in [-0.3, -0.25) is 4.40 Å². The zero-order valence-electron chi connectivity index (χ0n) is 13.4. The van der Waals surface area contributed by atoms with Crippen molar-refractivity contribution in [2.24, 2.45) is 0 Å². The Kier molecular flexibility index (Phi) is 3.91. The standard InChI is InChI=1S/C15H18N4O2S3/c1-17(2)4-5-18-10-12(11-3-7-22-14(11)18)24(20,21)13-9-16-15-19(13)6-8-23-15/h3,6-9,12H,4-5,10H2,1-2H3. The van der Waals surface area contributed by atoms with E-state index in [1.807, 2.05) is 30.9 Å². The first-order valence-corrected chi connectivity index (χ1v) is 10.9. The van der Waals surface area contributed by atoms with Crippen LogP contribution in [0.4, 0.5) is 5.00 Å². The molecule has 9 heteroatoms. The van der Waals surface area contributed by atoms with E-state index in [0.29, 0.717) is 11.5 Å². The van der Waals surface area contributed by atoms with Crippen molar-refractivity contribution in [3.63, 3.8) is 0 Å². The Labute approximate surface area is 148 Å². The number of fused-ring (bicyclic) bond motifs is 2. The van der Waals surface area contributed by atoms with Crippen LogP contribution in [0.2, 0.25) is 0 Å². The number of hydrogen-bond donors (Lipinski definition) is 0. The average Bonchev–Trinajstić information content (AvgIpc) is 3.25. The first kappa shape index (κ1) is 16.1. The van der Waals surface area contributed by atoms with E-state index < -0.39 is 15.1 Å². The lowest BCUT2D eigenvalue weighted by Gasteiger charge is -2.21. The molecule has 6 nitrogen and oxygen atoms in total. The molecule has 0 aromatic carbocycles. The van der Waals surface area contributed by atoms with Crippen LogP contribution in [0, 0.1) is 0 Å². The van der Waals surface area contributed by atoms with E-state index in [-0.39, 0.29) is 5.03 Å². The third-order valence-electron chi connectivity index (χ3n) is 4.29. The predicted octanol–water partition coefficient (Wildman–Crippen LogP) is 2.35. The molecular weight excluding hydrogens is 364 g/mol. The number of rotatable bonds is 5. The molecule has 24 heavy (non-hydrogen) atoms. The molecule has 1 aliphatic rings. The quantitative estimate of drug-likeness (QED) is 0.678. The van der Waals surface area contributed by atoms with Crippen LogP contribution in [0.3, 0.4) is 0 Å². The highest BCUT2D eigenvalue weighted by Crippen LogP contribution is 2.45. The second kappa shape index (κ2) is 5.83. The third kappa shape index (κ3) is 2.46. The maximum Gasteiger partial charge on any atom is 0.204 e. The van der Waals surface area contributed by atoms with Crippen molar-refractivity contribution in [1.82, 2.24) is 14.3 Å². The van der Waals surface area contributed by atoms with Crippen molar-refractivity contribution in [3.05, 3.63) is 34.8 Å². The summed E-state index contributed by atoms with van der Waals surface area (Å²) >= 11 is 3.06. The van der Waals surface area contributed by atoms with Gasteiger partial charge in [0.1, 0.15) is 5.25 Å². The normalized spacial score (nSPS) is 18.0. The summed E-state index contributed by atoms with van der Waals surface area (Å²) in [5.74, 6) is 0. The second-order valence-corrected chi connectivity index (χ2v) is 9.96. The highest BCUT2D eigenvalue weighted by molar-refractivity contribution is 7.91. The summed E-state index contributed by atoms with van der Waals surface area (Å²) < 4.78 is 28.2. The Morgan fingerprint density at radius 2 is 2.17 bits per heavy atom. The maximum absolute atomic E-state index is 13.3. The van der Waals surface area contributed by atoms with Gasteiger partial charge in [0.25, 0.3) is 0 Å². The Balaban J connectivity index is 1.71. The van der Waals surface area contributed by atoms with Crippen LogP contribution >= 0.6 is 22.7 Å². The fourth-order valence-corrected chi connectivity index (χ4v) is 6.68. The van der Waals surface area contributed by atoms with Gasteiger partial charge in [0.15, 0.2) is 9.99 Å². The molecular formula is C15H18N4O2S3. The van der Waals surface area contributed by atoms with E-state index in [4.69, 9.17) is 0 Å². The summed E-state index contributed by atoms with van der Waals surface area (Å²) in [5, 5.41) is 4.67. The number of hydrogen-bond acceptors (Lipinski definition) is 7. The van der Waals surface area contributed by atoms with Crippen LogP contribution in [0.25, 0.3) is 4.96 Å². The topological polar surface area (TPSA) is 57.9 Å². The summed E-state index contributed by atoms with van der Waals surface area (Å²) in [7, 11) is 0.566. The van der Waals surface area contributed by atoms with Crippen molar-refractivity contribution in [3.8, 4) is 0 Å². The van der Waals surface area contributed by atoms with Crippen LogP contribution in [-0.2, 0) is 9.84 Å². The molecule has 0 bridgehead atoms. The molecule has 0 saturated heterocycles. The SMILES string of the molecule is CN(C)CCN1CC(S(=O)(=O)c2cnc3sccn23)c2ccsc21. The van der Waals surface area contributed by atoms with E-state index >= 15 is 0 Å². The number of aromatic nitrogens is 2. The molecule has 0 aliphatic carbocycles. The third-order valence-corrected chi connectivity index (χ3v) is 8.09. The van der Waals surface area contributed by atoms with Crippen molar-refractivity contribution >= 4 is 42.5 Å². The molecule has 128 valence electrons. The van der Waals surface area contributed by atoms with Crippen LogP contribution in [0.1, 0.15) is 10.8 Å². The summed E-state index contributed by atoms with van der Waals surface area (Å²) in [6, 6.07) is 1.95. The van der Waals surface area contributed by atoms with Crippen molar-refractivity contribution in [1.29, 1.82) is 0 Å². The number of likely N-dealkylation sites (N-methyl/N-ethyl adjacent to an activating group) is 1. The maximum atomic E-state index is 13.3. The largest absolute Gasteiger partial charge is 0.360 e. The lowest BCUT2D eigenvalue weighted by molar-refractivity contribution is 0.414. The van der Waals surface area contributed by atoms with Gasteiger partial charge < -0.3 is 9.80 Å².